The molecule has 0 aliphatic heterocycles. The number of carboxylic acid groups (broad SMARTS) is 1. The van der Waals surface area contributed by atoms with Crippen LogP contribution in [0.1, 0.15) is 55.4 Å². The van der Waals surface area contributed by atoms with E-state index in [9.17, 15) is 14.4 Å². The summed E-state index contributed by atoms with van der Waals surface area (Å²) in [4.78, 5) is 40.2. The van der Waals surface area contributed by atoms with Gasteiger partial charge in [0.25, 0.3) is 0 Å². The molecule has 190 valence electrons. The summed E-state index contributed by atoms with van der Waals surface area (Å²) in [5, 5.41) is 17.4. The Hall–Kier alpha value is -4.14. The van der Waals surface area contributed by atoms with Gasteiger partial charge in [0, 0.05) is 17.8 Å². The minimum atomic E-state index is -0.903. The van der Waals surface area contributed by atoms with Crippen molar-refractivity contribution in [2.75, 3.05) is 10.6 Å². The Morgan fingerprint density at radius 3 is 2.42 bits per heavy atom. The van der Waals surface area contributed by atoms with Crippen LogP contribution in [0.5, 0.6) is 0 Å². The number of nitrogens with one attached hydrogen (secondary N) is 3. The number of para-hydroxylation sites is 1. The highest BCUT2D eigenvalue weighted by Gasteiger charge is 2.21. The van der Waals surface area contributed by atoms with Gasteiger partial charge in [-0.05, 0) is 48.6 Å². The fraction of sp³-hybridized carbons (Fsp3) is 0.333. The molecule has 1 heterocycles. The second kappa shape index (κ2) is 12.5. The Labute approximate surface area is 210 Å². The van der Waals surface area contributed by atoms with Crippen LogP contribution in [-0.2, 0) is 22.4 Å². The number of hydrogen-bond acceptors (Lipinski definition) is 5. The van der Waals surface area contributed by atoms with Crippen LogP contribution >= 0.6 is 0 Å². The molecule has 0 spiro atoms. The fourth-order valence-electron chi connectivity index (χ4n) is 3.66. The quantitative estimate of drug-likeness (QED) is 0.295. The minimum Gasteiger partial charge on any atom is -0.481 e. The largest absolute Gasteiger partial charge is 0.481 e. The van der Waals surface area contributed by atoms with Crippen molar-refractivity contribution in [3.8, 4) is 0 Å². The number of aryl methyl sites for hydroxylation is 2. The van der Waals surface area contributed by atoms with E-state index in [2.05, 4.69) is 20.9 Å². The van der Waals surface area contributed by atoms with Crippen LogP contribution < -0.4 is 16.0 Å². The van der Waals surface area contributed by atoms with Gasteiger partial charge in [0.1, 0.15) is 12.3 Å². The highest BCUT2D eigenvalue weighted by molar-refractivity contribution is 6.00. The molecule has 0 aliphatic carbocycles. The van der Waals surface area contributed by atoms with Gasteiger partial charge in [-0.25, -0.2) is 9.78 Å². The van der Waals surface area contributed by atoms with Crippen molar-refractivity contribution in [2.24, 2.45) is 5.92 Å². The van der Waals surface area contributed by atoms with Gasteiger partial charge in [0.15, 0.2) is 0 Å². The molecule has 0 bridgehead atoms. The van der Waals surface area contributed by atoms with Crippen molar-refractivity contribution in [3.05, 3.63) is 77.5 Å². The summed E-state index contributed by atoms with van der Waals surface area (Å²) < 4.78 is 5.55. The third-order valence-corrected chi connectivity index (χ3v) is 5.47. The molecule has 0 radical (unpaired) electrons. The van der Waals surface area contributed by atoms with Gasteiger partial charge in [0.05, 0.1) is 18.5 Å². The van der Waals surface area contributed by atoms with Gasteiger partial charge in [0.2, 0.25) is 11.8 Å². The molecule has 0 aliphatic rings. The van der Waals surface area contributed by atoms with E-state index in [1.165, 1.54) is 6.26 Å². The van der Waals surface area contributed by atoms with Gasteiger partial charge in [-0.1, -0.05) is 44.2 Å². The zero-order valence-electron chi connectivity index (χ0n) is 20.7. The Bertz CT molecular complexity index is 1190. The zero-order chi connectivity index (χ0) is 26.1. The van der Waals surface area contributed by atoms with E-state index in [0.717, 1.165) is 16.8 Å². The smallest absolute Gasteiger partial charge is 0.323 e. The lowest BCUT2D eigenvalue weighted by Crippen LogP contribution is -2.31. The van der Waals surface area contributed by atoms with Gasteiger partial charge < -0.3 is 25.5 Å². The van der Waals surface area contributed by atoms with Crippen LogP contribution in [0.15, 0.2) is 59.2 Å². The van der Waals surface area contributed by atoms with Crippen molar-refractivity contribution >= 4 is 29.3 Å². The monoisotopic (exact) mass is 492 g/mol. The van der Waals surface area contributed by atoms with Crippen molar-refractivity contribution < 1.29 is 23.9 Å². The second-order valence-electron chi connectivity index (χ2n) is 9.09. The van der Waals surface area contributed by atoms with E-state index in [4.69, 9.17) is 9.52 Å². The number of aliphatic carboxylic acids is 1. The average molecular weight is 493 g/mol. The van der Waals surface area contributed by atoms with Crippen LogP contribution in [0, 0.1) is 12.8 Å². The number of benzene rings is 2. The molecule has 3 amide bonds. The maximum Gasteiger partial charge on any atom is 0.323 e. The van der Waals surface area contributed by atoms with Crippen molar-refractivity contribution in [3.63, 3.8) is 0 Å². The van der Waals surface area contributed by atoms with Crippen LogP contribution in [0.2, 0.25) is 0 Å². The summed E-state index contributed by atoms with van der Waals surface area (Å²) in [6.45, 7) is 5.99. The molecule has 1 aromatic heterocycles. The van der Waals surface area contributed by atoms with E-state index < -0.39 is 12.0 Å². The number of amides is 3. The fourth-order valence-corrected chi connectivity index (χ4v) is 3.66. The Morgan fingerprint density at radius 1 is 1.03 bits per heavy atom. The number of hydrogen-bond donors (Lipinski definition) is 4. The first-order valence-corrected chi connectivity index (χ1v) is 11.9. The first kappa shape index (κ1) is 26.5. The Balaban J connectivity index is 1.56. The average Bonchev–Trinajstić information content (AvgIpc) is 3.29. The number of carbonyl (C=O) groups excluding carboxylic acids is 2. The number of carbonyl (C=O) groups is 3. The standard InChI is InChI=1S/C27H32N4O5/c1-17(2)14-23(26-28-21(16-36-26)12-13-25(33)34)30-24(32)15-19-8-10-20(11-9-19)29-27(35)31-22-7-5-4-6-18(22)3/h4-11,16-17,23H,12-15H2,1-3H3,(H,30,32)(H,33,34)(H2,29,31,35). The van der Waals surface area contributed by atoms with E-state index >= 15 is 0 Å². The number of anilines is 2. The minimum absolute atomic E-state index is 0.0361. The topological polar surface area (TPSA) is 134 Å². The highest BCUT2D eigenvalue weighted by atomic mass is 16.4. The summed E-state index contributed by atoms with van der Waals surface area (Å²) in [5.41, 5.74) is 3.64. The van der Waals surface area contributed by atoms with E-state index in [0.29, 0.717) is 23.7 Å². The SMILES string of the molecule is Cc1ccccc1NC(=O)Nc1ccc(CC(=O)NC(CC(C)C)c2nc(CCC(=O)O)co2)cc1. The maximum atomic E-state index is 12.8. The summed E-state index contributed by atoms with van der Waals surface area (Å²) >= 11 is 0. The zero-order valence-corrected chi connectivity index (χ0v) is 20.7. The molecule has 3 rings (SSSR count). The van der Waals surface area contributed by atoms with Gasteiger partial charge in [-0.2, -0.15) is 0 Å². The lowest BCUT2D eigenvalue weighted by molar-refractivity contribution is -0.137. The first-order valence-electron chi connectivity index (χ1n) is 11.9. The summed E-state index contributed by atoms with van der Waals surface area (Å²) in [6, 6.07) is 13.8. The number of nitrogens with zero attached hydrogens (tertiary/aromatic N) is 1. The van der Waals surface area contributed by atoms with Gasteiger partial charge >= 0.3 is 12.0 Å². The molecule has 9 heteroatoms. The van der Waals surface area contributed by atoms with E-state index in [-0.39, 0.29) is 37.1 Å². The van der Waals surface area contributed by atoms with Crippen molar-refractivity contribution in [1.82, 2.24) is 10.3 Å². The summed E-state index contributed by atoms with van der Waals surface area (Å²) in [5.74, 6) is -0.443. The Morgan fingerprint density at radius 2 is 1.75 bits per heavy atom. The van der Waals surface area contributed by atoms with Crippen LogP contribution in [0.3, 0.4) is 0 Å². The molecule has 3 aromatic rings. The number of rotatable bonds is 11. The Kier molecular flexibility index (Phi) is 9.21. The first-order chi connectivity index (χ1) is 17.2. The van der Waals surface area contributed by atoms with Crippen LogP contribution in [0.4, 0.5) is 16.2 Å². The molecule has 0 saturated carbocycles. The predicted octanol–water partition coefficient (Wildman–Crippen LogP) is 5.09. The lowest BCUT2D eigenvalue weighted by atomic mass is 10.0. The van der Waals surface area contributed by atoms with Crippen LogP contribution in [0.25, 0.3) is 0 Å². The third kappa shape index (κ3) is 8.26. The summed E-state index contributed by atoms with van der Waals surface area (Å²) in [7, 11) is 0. The van der Waals surface area contributed by atoms with E-state index in [1.807, 2.05) is 45.0 Å². The third-order valence-electron chi connectivity index (χ3n) is 5.47. The molecule has 9 nitrogen and oxygen atoms in total. The molecule has 36 heavy (non-hydrogen) atoms. The van der Waals surface area contributed by atoms with Gasteiger partial charge in [-0.15, -0.1) is 0 Å². The second-order valence-corrected chi connectivity index (χ2v) is 9.09. The maximum absolute atomic E-state index is 12.8. The molecule has 4 N–H and O–H groups in total. The molecular formula is C27H32N4O5. The molecule has 2 aromatic carbocycles. The normalized spacial score (nSPS) is 11.7. The number of oxazole rings is 1. The lowest BCUT2D eigenvalue weighted by Gasteiger charge is -2.18. The highest BCUT2D eigenvalue weighted by Crippen LogP contribution is 2.22. The number of aromatic nitrogens is 1. The molecule has 1 unspecified atom stereocenters. The van der Waals surface area contributed by atoms with Gasteiger partial charge in [-0.3, -0.25) is 9.59 Å². The van der Waals surface area contributed by atoms with Crippen molar-refractivity contribution in [1.29, 1.82) is 0 Å². The molecule has 0 saturated heterocycles. The predicted molar refractivity (Wildman–Crippen MR) is 137 cm³/mol. The van der Waals surface area contributed by atoms with E-state index in [1.54, 1.807) is 24.3 Å². The molecule has 0 fully saturated rings. The van der Waals surface area contributed by atoms with Crippen molar-refractivity contribution in [2.45, 2.75) is 52.5 Å². The summed E-state index contributed by atoms with van der Waals surface area (Å²) in [6.07, 6.45) is 2.45. The number of carboxylic acids is 1. The number of urea groups is 1. The molecular weight excluding hydrogens is 460 g/mol. The molecule has 1 atom stereocenters. The van der Waals surface area contributed by atoms with Crippen LogP contribution in [-0.4, -0.2) is 28.0 Å².